The van der Waals surface area contributed by atoms with Crippen molar-refractivity contribution in [1.82, 2.24) is 19.2 Å². The number of imidazole rings is 1. The van der Waals surface area contributed by atoms with E-state index < -0.39 is 5.97 Å². The molecule has 0 atom stereocenters. The number of piperazine rings is 1. The third kappa shape index (κ3) is 2.52. The molecule has 1 aliphatic rings. The zero-order valence-corrected chi connectivity index (χ0v) is 11.5. The van der Waals surface area contributed by atoms with Crippen molar-refractivity contribution in [2.24, 2.45) is 0 Å². The molecular formula is C14H18N4O2. The zero-order valence-electron chi connectivity index (χ0n) is 11.5. The number of aromatic nitrogens is 2. The minimum absolute atomic E-state index is 0.250. The van der Waals surface area contributed by atoms with Crippen molar-refractivity contribution in [3.05, 3.63) is 35.8 Å². The molecule has 1 N–H and O–H groups in total. The van der Waals surface area contributed by atoms with E-state index in [1.165, 1.54) is 0 Å². The zero-order chi connectivity index (χ0) is 14.1. The highest BCUT2D eigenvalue weighted by Crippen LogP contribution is 2.12. The van der Waals surface area contributed by atoms with Crippen LogP contribution in [-0.4, -0.2) is 63.5 Å². The molecule has 0 bridgehead atoms. The van der Waals surface area contributed by atoms with Gasteiger partial charge in [-0.2, -0.15) is 0 Å². The molecule has 6 heteroatoms. The van der Waals surface area contributed by atoms with Crippen LogP contribution < -0.4 is 0 Å². The van der Waals surface area contributed by atoms with Crippen LogP contribution in [0.2, 0.25) is 0 Å². The van der Waals surface area contributed by atoms with E-state index in [0.29, 0.717) is 5.65 Å². The molecule has 1 aliphatic heterocycles. The molecule has 106 valence electrons. The fourth-order valence-corrected chi connectivity index (χ4v) is 2.55. The number of likely N-dealkylation sites (N-methyl/N-ethyl adjacent to an activating group) is 1. The Bertz CT molecular complexity index is 629. The number of carbonyl (C=O) groups is 1. The third-order valence-electron chi connectivity index (χ3n) is 3.74. The van der Waals surface area contributed by atoms with E-state index >= 15 is 0 Å². The Hall–Kier alpha value is -1.92. The average Bonchev–Trinajstić information content (AvgIpc) is 2.83. The van der Waals surface area contributed by atoms with Gasteiger partial charge in [0.05, 0.1) is 5.69 Å². The molecule has 3 rings (SSSR count). The van der Waals surface area contributed by atoms with Crippen LogP contribution in [-0.2, 0) is 6.54 Å². The number of rotatable bonds is 3. The Balaban J connectivity index is 1.82. The number of carboxylic acid groups (broad SMARTS) is 1. The van der Waals surface area contributed by atoms with Crippen LogP contribution in [0, 0.1) is 0 Å². The summed E-state index contributed by atoms with van der Waals surface area (Å²) in [5.74, 6) is -0.931. The summed E-state index contributed by atoms with van der Waals surface area (Å²) in [5, 5.41) is 9.18. The molecule has 0 aliphatic carbocycles. The Kier molecular flexibility index (Phi) is 3.42. The molecule has 1 saturated heterocycles. The molecule has 0 spiro atoms. The second-order valence-electron chi connectivity index (χ2n) is 5.26. The quantitative estimate of drug-likeness (QED) is 0.896. The van der Waals surface area contributed by atoms with E-state index in [9.17, 15) is 9.90 Å². The van der Waals surface area contributed by atoms with Gasteiger partial charge in [0.25, 0.3) is 0 Å². The predicted octanol–water partition coefficient (Wildman–Crippen LogP) is 0.780. The maximum atomic E-state index is 11.2. The van der Waals surface area contributed by atoms with Gasteiger partial charge in [0.1, 0.15) is 11.3 Å². The first-order chi connectivity index (χ1) is 9.63. The Labute approximate surface area is 117 Å². The predicted molar refractivity (Wildman–Crippen MR) is 74.9 cm³/mol. The van der Waals surface area contributed by atoms with Crippen molar-refractivity contribution in [2.45, 2.75) is 6.54 Å². The Morgan fingerprint density at radius 3 is 2.75 bits per heavy atom. The van der Waals surface area contributed by atoms with Crippen molar-refractivity contribution in [1.29, 1.82) is 0 Å². The molecule has 3 heterocycles. The van der Waals surface area contributed by atoms with Crippen LogP contribution in [0.3, 0.4) is 0 Å². The maximum absolute atomic E-state index is 11.2. The van der Waals surface area contributed by atoms with Crippen LogP contribution in [0.1, 0.15) is 16.2 Å². The summed E-state index contributed by atoms with van der Waals surface area (Å²) in [4.78, 5) is 20.4. The molecule has 6 nitrogen and oxygen atoms in total. The average molecular weight is 274 g/mol. The first-order valence-electron chi connectivity index (χ1n) is 6.74. The topological polar surface area (TPSA) is 61.1 Å². The molecule has 0 aromatic carbocycles. The van der Waals surface area contributed by atoms with E-state index in [-0.39, 0.29) is 5.69 Å². The van der Waals surface area contributed by atoms with Gasteiger partial charge >= 0.3 is 5.97 Å². The number of carboxylic acids is 1. The van der Waals surface area contributed by atoms with Gasteiger partial charge in [0.2, 0.25) is 0 Å². The number of nitrogens with zero attached hydrogens (tertiary/aromatic N) is 4. The van der Waals surface area contributed by atoms with Crippen molar-refractivity contribution in [2.75, 3.05) is 33.2 Å². The molecule has 2 aromatic rings. The lowest BCUT2D eigenvalue weighted by Gasteiger charge is -2.31. The summed E-state index contributed by atoms with van der Waals surface area (Å²) in [5.41, 5.74) is 1.86. The van der Waals surface area contributed by atoms with Gasteiger partial charge in [-0.15, -0.1) is 0 Å². The van der Waals surface area contributed by atoms with Gasteiger partial charge < -0.3 is 10.0 Å². The Morgan fingerprint density at radius 2 is 2.05 bits per heavy atom. The minimum atomic E-state index is -0.931. The van der Waals surface area contributed by atoms with E-state index in [1.54, 1.807) is 16.5 Å². The number of hydrogen-bond donors (Lipinski definition) is 1. The molecule has 0 amide bonds. The van der Waals surface area contributed by atoms with E-state index in [1.807, 2.05) is 12.3 Å². The molecule has 2 aromatic heterocycles. The highest BCUT2D eigenvalue weighted by atomic mass is 16.4. The summed E-state index contributed by atoms with van der Waals surface area (Å²) in [6, 6.07) is 5.15. The first kappa shape index (κ1) is 13.1. The molecule has 1 fully saturated rings. The molecule has 0 radical (unpaired) electrons. The lowest BCUT2D eigenvalue weighted by molar-refractivity contribution is 0.0689. The van der Waals surface area contributed by atoms with Gasteiger partial charge in [-0.3, -0.25) is 9.30 Å². The van der Waals surface area contributed by atoms with Crippen LogP contribution in [0.5, 0.6) is 0 Å². The summed E-state index contributed by atoms with van der Waals surface area (Å²) in [6.45, 7) is 4.95. The molecule has 20 heavy (non-hydrogen) atoms. The normalized spacial score (nSPS) is 17.6. The van der Waals surface area contributed by atoms with Crippen LogP contribution >= 0.6 is 0 Å². The summed E-state index contributed by atoms with van der Waals surface area (Å²) in [6.07, 6.45) is 1.83. The second kappa shape index (κ2) is 5.22. The largest absolute Gasteiger partial charge is 0.477 e. The van der Waals surface area contributed by atoms with Crippen LogP contribution in [0.15, 0.2) is 24.4 Å². The van der Waals surface area contributed by atoms with Gasteiger partial charge in [-0.1, -0.05) is 6.07 Å². The summed E-state index contributed by atoms with van der Waals surface area (Å²) in [7, 11) is 2.13. The highest BCUT2D eigenvalue weighted by molar-refractivity contribution is 5.86. The maximum Gasteiger partial charge on any atom is 0.352 e. The molecule has 0 saturated carbocycles. The van der Waals surface area contributed by atoms with Crippen molar-refractivity contribution in [3.8, 4) is 0 Å². The fraction of sp³-hybridized carbons (Fsp3) is 0.429. The van der Waals surface area contributed by atoms with Crippen molar-refractivity contribution in [3.63, 3.8) is 0 Å². The molecular weight excluding hydrogens is 256 g/mol. The fourth-order valence-electron chi connectivity index (χ4n) is 2.55. The van der Waals surface area contributed by atoms with Crippen molar-refractivity contribution < 1.29 is 9.90 Å². The monoisotopic (exact) mass is 274 g/mol. The van der Waals surface area contributed by atoms with Gasteiger partial charge in [0.15, 0.2) is 0 Å². The van der Waals surface area contributed by atoms with Crippen LogP contribution in [0.4, 0.5) is 0 Å². The van der Waals surface area contributed by atoms with Gasteiger partial charge in [-0.25, -0.2) is 9.78 Å². The number of pyridine rings is 1. The third-order valence-corrected chi connectivity index (χ3v) is 3.74. The second-order valence-corrected chi connectivity index (χ2v) is 5.26. The summed E-state index contributed by atoms with van der Waals surface area (Å²) < 4.78 is 1.65. The van der Waals surface area contributed by atoms with E-state index in [4.69, 9.17) is 0 Å². The summed E-state index contributed by atoms with van der Waals surface area (Å²) >= 11 is 0. The molecule has 0 unspecified atom stereocenters. The van der Waals surface area contributed by atoms with Crippen LogP contribution in [0.25, 0.3) is 5.65 Å². The van der Waals surface area contributed by atoms with E-state index in [0.717, 1.165) is 38.4 Å². The minimum Gasteiger partial charge on any atom is -0.477 e. The smallest absolute Gasteiger partial charge is 0.352 e. The lowest BCUT2D eigenvalue weighted by atomic mass is 10.3. The Morgan fingerprint density at radius 1 is 1.30 bits per heavy atom. The lowest BCUT2D eigenvalue weighted by Crippen LogP contribution is -2.43. The van der Waals surface area contributed by atoms with Crippen molar-refractivity contribution >= 4 is 11.6 Å². The number of fused-ring (bicyclic) bond motifs is 1. The van der Waals surface area contributed by atoms with E-state index in [2.05, 4.69) is 21.8 Å². The van der Waals surface area contributed by atoms with Gasteiger partial charge in [-0.05, 0) is 19.2 Å². The number of hydrogen-bond acceptors (Lipinski definition) is 4. The number of aromatic carboxylic acids is 1. The standard InChI is InChI=1S/C14H18N4O2/c1-16-5-7-17(8-6-16)9-11-10-18-12(14(19)20)3-2-4-13(18)15-11/h2-4,10H,5-9H2,1H3,(H,19,20). The highest BCUT2D eigenvalue weighted by Gasteiger charge is 2.16. The van der Waals surface area contributed by atoms with Gasteiger partial charge in [0, 0.05) is 38.9 Å². The SMILES string of the molecule is CN1CCN(Cc2cn3c(C(=O)O)cccc3n2)CC1. The first-order valence-corrected chi connectivity index (χ1v) is 6.74.